The molecule has 5 rings (SSSR count). The van der Waals surface area contributed by atoms with E-state index in [9.17, 15) is 28.2 Å². The molecule has 0 saturated heterocycles. The normalized spacial score (nSPS) is 42.4. The number of carbonyl (C=O) groups excluding carboxylic acids is 2. The van der Waals surface area contributed by atoms with Crippen LogP contribution < -0.4 is 0 Å². The summed E-state index contributed by atoms with van der Waals surface area (Å²) in [7, 11) is -2.41. The molecule has 9 atom stereocenters. The van der Waals surface area contributed by atoms with Gasteiger partial charge >= 0.3 is 0 Å². The van der Waals surface area contributed by atoms with Crippen LogP contribution in [0.2, 0.25) is 0 Å². The smallest absolute Gasteiger partial charge is 0.252 e. The number of aliphatic hydroxyl groups is 2. The number of ketones is 2. The minimum atomic E-state index is -3.83. The van der Waals surface area contributed by atoms with E-state index in [1.165, 1.54) is 36.5 Å². The number of sulfonamides is 1. The van der Waals surface area contributed by atoms with Gasteiger partial charge in [0.15, 0.2) is 17.2 Å². The van der Waals surface area contributed by atoms with Crippen LogP contribution in [0.4, 0.5) is 8.78 Å². The Labute approximate surface area is 225 Å². The molecule has 11 heteroatoms. The van der Waals surface area contributed by atoms with Crippen molar-refractivity contribution in [1.82, 2.24) is 4.31 Å². The molecule has 2 N–H and O–H groups in total. The maximum Gasteiger partial charge on any atom is 0.252 e. The quantitative estimate of drug-likeness (QED) is 0.545. The Bertz CT molecular complexity index is 1310. The average molecular weight is 570 g/mol. The molecule has 0 amide bonds. The minimum absolute atomic E-state index is 0.0192. The van der Waals surface area contributed by atoms with Crippen molar-refractivity contribution in [2.45, 2.75) is 55.3 Å². The van der Waals surface area contributed by atoms with Crippen molar-refractivity contribution in [3.63, 3.8) is 0 Å². The van der Waals surface area contributed by atoms with Gasteiger partial charge in [-0.25, -0.2) is 17.2 Å². The SMILES string of the molecule is CN(C[C@@H]1CC2[C@@H]3C[C@H](F)C4=CC(=O)C=C[C@]4(C)[C@@]3(F)[C@@H](O)C[C@]2(C)C1C(=O)CO)S(=O)(=O)c1cccs1. The standard InChI is InChI=1S/C27H33F2NO6S2/c1-25-12-22(34)27(29)18(11-20(28)19-10-16(32)6-7-26(19,27)2)17(25)9-15(24(25)21(33)14-31)13-30(3)38(35,36)23-5-4-8-37-23/h4-8,10,15,17-18,20,22,24,31,34H,9,11-14H2,1-3H3/t15-,17?,18-,20-,22-,24?,25-,26-,27-/m0/s1. The van der Waals surface area contributed by atoms with E-state index in [0.29, 0.717) is 0 Å². The second-order valence-electron chi connectivity index (χ2n) is 11.8. The lowest BCUT2D eigenvalue weighted by atomic mass is 9.45. The lowest BCUT2D eigenvalue weighted by Gasteiger charge is -2.62. The number of alkyl halides is 2. The summed E-state index contributed by atoms with van der Waals surface area (Å²) in [5.74, 6) is -3.87. The minimum Gasteiger partial charge on any atom is -0.390 e. The number of hydrogen-bond donors (Lipinski definition) is 2. The summed E-state index contributed by atoms with van der Waals surface area (Å²) in [5, 5.41) is 22.9. The van der Waals surface area contributed by atoms with Gasteiger partial charge in [0, 0.05) is 30.8 Å². The first-order chi connectivity index (χ1) is 17.7. The number of Topliss-reactive ketones (excluding diaryl/α,β-unsaturated/α-hetero) is 1. The van der Waals surface area contributed by atoms with Gasteiger partial charge in [-0.15, -0.1) is 11.3 Å². The molecule has 1 heterocycles. The van der Waals surface area contributed by atoms with Crippen LogP contribution in [0.5, 0.6) is 0 Å². The molecule has 4 aliphatic carbocycles. The van der Waals surface area contributed by atoms with Gasteiger partial charge in [0.25, 0.3) is 10.0 Å². The molecule has 0 aliphatic heterocycles. The maximum atomic E-state index is 17.4. The van der Waals surface area contributed by atoms with Crippen molar-refractivity contribution in [3.8, 4) is 0 Å². The van der Waals surface area contributed by atoms with E-state index < -0.39 is 80.6 Å². The number of aliphatic hydroxyl groups excluding tert-OH is 2. The van der Waals surface area contributed by atoms with Gasteiger partial charge in [0.05, 0.1) is 6.10 Å². The van der Waals surface area contributed by atoms with Crippen LogP contribution in [0, 0.1) is 34.5 Å². The Kier molecular flexibility index (Phi) is 6.67. The number of carbonyl (C=O) groups is 2. The number of halogens is 2. The van der Waals surface area contributed by atoms with Gasteiger partial charge in [-0.05, 0) is 72.6 Å². The van der Waals surface area contributed by atoms with E-state index in [1.54, 1.807) is 18.4 Å². The number of allylic oxidation sites excluding steroid dienone is 4. The lowest BCUT2D eigenvalue weighted by molar-refractivity contribution is -0.202. The second-order valence-corrected chi connectivity index (χ2v) is 15.0. The number of nitrogens with zero attached hydrogens (tertiary/aromatic N) is 1. The average Bonchev–Trinajstić information content (AvgIpc) is 3.49. The third kappa shape index (κ3) is 3.68. The second kappa shape index (κ2) is 9.12. The van der Waals surface area contributed by atoms with Crippen LogP contribution in [0.3, 0.4) is 0 Å². The molecule has 0 spiro atoms. The Morgan fingerprint density at radius 1 is 1.26 bits per heavy atom. The largest absolute Gasteiger partial charge is 0.390 e. The molecule has 208 valence electrons. The van der Waals surface area contributed by atoms with Crippen molar-refractivity contribution < 1.29 is 37.0 Å². The predicted molar refractivity (Wildman–Crippen MR) is 137 cm³/mol. The molecular formula is C27H33F2NO6S2. The monoisotopic (exact) mass is 569 g/mol. The fraction of sp³-hybridized carbons (Fsp3) is 0.630. The molecule has 0 aromatic carbocycles. The van der Waals surface area contributed by atoms with Crippen molar-refractivity contribution >= 4 is 32.9 Å². The van der Waals surface area contributed by atoms with E-state index >= 15 is 8.78 Å². The van der Waals surface area contributed by atoms with Gasteiger partial charge in [0.1, 0.15) is 17.0 Å². The highest BCUT2D eigenvalue weighted by molar-refractivity contribution is 7.91. The summed E-state index contributed by atoms with van der Waals surface area (Å²) < 4.78 is 60.6. The highest BCUT2D eigenvalue weighted by Crippen LogP contribution is 2.70. The van der Waals surface area contributed by atoms with Crippen molar-refractivity contribution in [1.29, 1.82) is 0 Å². The van der Waals surface area contributed by atoms with E-state index in [2.05, 4.69) is 0 Å². The van der Waals surface area contributed by atoms with Crippen LogP contribution >= 0.6 is 11.3 Å². The van der Waals surface area contributed by atoms with Crippen LogP contribution in [0.25, 0.3) is 0 Å². The van der Waals surface area contributed by atoms with E-state index in [-0.39, 0.29) is 35.6 Å². The first-order valence-electron chi connectivity index (χ1n) is 12.8. The highest BCUT2D eigenvalue weighted by Gasteiger charge is 2.73. The molecule has 3 saturated carbocycles. The molecular weight excluding hydrogens is 536 g/mol. The van der Waals surface area contributed by atoms with Crippen LogP contribution in [0.15, 0.2) is 45.5 Å². The number of fused-ring (bicyclic) bond motifs is 5. The van der Waals surface area contributed by atoms with Crippen LogP contribution in [-0.2, 0) is 19.6 Å². The Morgan fingerprint density at radius 2 is 1.97 bits per heavy atom. The zero-order chi connectivity index (χ0) is 27.8. The number of thiophene rings is 1. The zero-order valence-electron chi connectivity index (χ0n) is 21.5. The van der Waals surface area contributed by atoms with Gasteiger partial charge in [-0.2, -0.15) is 4.31 Å². The Balaban J connectivity index is 1.55. The first kappa shape index (κ1) is 27.8. The molecule has 38 heavy (non-hydrogen) atoms. The fourth-order valence-corrected chi connectivity index (χ4v) is 10.7. The summed E-state index contributed by atoms with van der Waals surface area (Å²) in [6.07, 6.45) is 0.401. The summed E-state index contributed by atoms with van der Waals surface area (Å²) >= 11 is 1.08. The zero-order valence-corrected chi connectivity index (χ0v) is 23.1. The van der Waals surface area contributed by atoms with E-state index in [0.717, 1.165) is 17.4 Å². The molecule has 1 aromatic rings. The van der Waals surface area contributed by atoms with Gasteiger partial charge < -0.3 is 10.2 Å². The summed E-state index contributed by atoms with van der Waals surface area (Å²) in [4.78, 5) is 25.2. The molecule has 1 aromatic heterocycles. The highest BCUT2D eigenvalue weighted by atomic mass is 32.2. The van der Waals surface area contributed by atoms with Crippen LogP contribution in [0.1, 0.15) is 33.1 Å². The molecule has 4 aliphatic rings. The molecule has 2 unspecified atom stereocenters. The molecule has 3 fully saturated rings. The summed E-state index contributed by atoms with van der Waals surface area (Å²) in [5.41, 5.74) is -4.80. The lowest BCUT2D eigenvalue weighted by Crippen LogP contribution is -2.68. The predicted octanol–water partition coefficient (Wildman–Crippen LogP) is 3.09. The number of rotatable bonds is 6. The molecule has 7 nitrogen and oxygen atoms in total. The summed E-state index contributed by atoms with van der Waals surface area (Å²) in [6, 6.07) is 3.12. The van der Waals surface area contributed by atoms with Gasteiger partial charge in [-0.3, -0.25) is 9.59 Å². The van der Waals surface area contributed by atoms with Crippen LogP contribution in [-0.4, -0.2) is 72.6 Å². The van der Waals surface area contributed by atoms with Crippen molar-refractivity contribution in [2.24, 2.45) is 34.5 Å². The van der Waals surface area contributed by atoms with E-state index in [1.807, 2.05) is 0 Å². The van der Waals surface area contributed by atoms with Crippen molar-refractivity contribution in [2.75, 3.05) is 20.2 Å². The van der Waals surface area contributed by atoms with Gasteiger partial charge in [0.2, 0.25) is 0 Å². The maximum absolute atomic E-state index is 17.4. The van der Waals surface area contributed by atoms with Gasteiger partial charge in [-0.1, -0.05) is 19.1 Å². The molecule has 0 bridgehead atoms. The Morgan fingerprint density at radius 3 is 2.61 bits per heavy atom. The first-order valence-corrected chi connectivity index (χ1v) is 15.1. The van der Waals surface area contributed by atoms with Crippen molar-refractivity contribution in [3.05, 3.63) is 41.3 Å². The fourth-order valence-electron chi connectivity index (χ4n) is 8.29. The number of hydrogen-bond acceptors (Lipinski definition) is 7. The Hall–Kier alpha value is -1.79. The summed E-state index contributed by atoms with van der Waals surface area (Å²) in [6.45, 7) is 2.47. The molecule has 0 radical (unpaired) electrons. The third-order valence-electron chi connectivity index (χ3n) is 9.96. The topological polar surface area (TPSA) is 112 Å². The van der Waals surface area contributed by atoms with E-state index in [4.69, 9.17) is 0 Å². The third-order valence-corrected chi connectivity index (χ3v) is 13.2.